The Morgan fingerprint density at radius 1 is 1.12 bits per heavy atom. The van der Waals surface area contributed by atoms with Gasteiger partial charge in [-0.25, -0.2) is 0 Å². The Balaban J connectivity index is 1.67. The van der Waals surface area contributed by atoms with E-state index in [4.69, 9.17) is 0 Å². The van der Waals surface area contributed by atoms with Crippen LogP contribution in [0.2, 0.25) is 0 Å². The fourth-order valence-corrected chi connectivity index (χ4v) is 3.79. The van der Waals surface area contributed by atoms with Crippen molar-refractivity contribution in [3.8, 4) is 0 Å². The summed E-state index contributed by atoms with van der Waals surface area (Å²) in [5, 5.41) is 3.29. The van der Waals surface area contributed by atoms with E-state index in [1.807, 2.05) is 37.3 Å². The molecule has 2 atom stereocenters. The van der Waals surface area contributed by atoms with Crippen molar-refractivity contribution in [3.05, 3.63) is 71.3 Å². The van der Waals surface area contributed by atoms with Gasteiger partial charge in [-0.15, -0.1) is 0 Å². The predicted molar refractivity (Wildman–Crippen MR) is 106 cm³/mol. The minimum Gasteiger partial charge on any atom is -0.348 e. The first-order chi connectivity index (χ1) is 12.5. The quantitative estimate of drug-likeness (QED) is 0.869. The van der Waals surface area contributed by atoms with Gasteiger partial charge >= 0.3 is 0 Å². The van der Waals surface area contributed by atoms with Crippen molar-refractivity contribution < 1.29 is 4.79 Å². The van der Waals surface area contributed by atoms with Crippen LogP contribution in [-0.4, -0.2) is 55.5 Å². The second kappa shape index (κ2) is 8.47. The molecule has 2 aromatic carbocycles. The van der Waals surface area contributed by atoms with Gasteiger partial charge in [0.1, 0.15) is 0 Å². The molecule has 0 aliphatic carbocycles. The van der Waals surface area contributed by atoms with Crippen LogP contribution in [0.5, 0.6) is 0 Å². The molecular formula is C22H29N3O. The molecule has 0 saturated carbocycles. The second-order valence-electron chi connectivity index (χ2n) is 7.65. The Kier molecular flexibility index (Phi) is 6.07. The van der Waals surface area contributed by atoms with Gasteiger partial charge in [0.05, 0.1) is 0 Å². The monoisotopic (exact) mass is 351 g/mol. The third-order valence-corrected chi connectivity index (χ3v) is 4.96. The van der Waals surface area contributed by atoms with Gasteiger partial charge in [0.25, 0.3) is 5.91 Å². The summed E-state index contributed by atoms with van der Waals surface area (Å²) in [5.41, 5.74) is 3.18. The number of carbonyl (C=O) groups is 1. The van der Waals surface area contributed by atoms with Crippen molar-refractivity contribution in [1.82, 2.24) is 15.1 Å². The molecule has 1 saturated heterocycles. The average molecular weight is 351 g/mol. The standard InChI is InChI=1S/C22H29N3O/c1-17-8-7-11-19(12-17)22(26)23-21-16-25(15-20(21)14-24(2)3)13-18-9-5-4-6-10-18/h4-12,20-21H,13-16H2,1-3H3,(H,23,26)/t20-,21-/m1/s1. The van der Waals surface area contributed by atoms with Gasteiger partial charge in [-0.05, 0) is 38.7 Å². The van der Waals surface area contributed by atoms with E-state index in [0.29, 0.717) is 5.92 Å². The lowest BCUT2D eigenvalue weighted by molar-refractivity contribution is 0.0926. The van der Waals surface area contributed by atoms with Gasteiger partial charge in [0, 0.05) is 43.7 Å². The van der Waals surface area contributed by atoms with E-state index in [1.54, 1.807) is 0 Å². The normalized spacial score (nSPS) is 20.5. The van der Waals surface area contributed by atoms with Crippen molar-refractivity contribution in [3.63, 3.8) is 0 Å². The highest BCUT2D eigenvalue weighted by Gasteiger charge is 2.34. The zero-order chi connectivity index (χ0) is 18.5. The number of rotatable bonds is 6. The molecule has 0 aromatic heterocycles. The summed E-state index contributed by atoms with van der Waals surface area (Å²) in [4.78, 5) is 17.4. The van der Waals surface area contributed by atoms with Crippen LogP contribution in [0.15, 0.2) is 54.6 Å². The molecule has 4 heteroatoms. The highest BCUT2D eigenvalue weighted by atomic mass is 16.1. The largest absolute Gasteiger partial charge is 0.348 e. The van der Waals surface area contributed by atoms with Gasteiger partial charge in [-0.2, -0.15) is 0 Å². The molecule has 26 heavy (non-hydrogen) atoms. The van der Waals surface area contributed by atoms with E-state index >= 15 is 0 Å². The molecule has 1 aliphatic rings. The van der Waals surface area contributed by atoms with Gasteiger partial charge in [-0.1, -0.05) is 48.0 Å². The lowest BCUT2D eigenvalue weighted by atomic mass is 10.0. The predicted octanol–water partition coefficient (Wildman–Crippen LogP) is 2.79. The van der Waals surface area contributed by atoms with Crippen molar-refractivity contribution >= 4 is 5.91 Å². The summed E-state index contributed by atoms with van der Waals surface area (Å²) in [6.07, 6.45) is 0. The maximum Gasteiger partial charge on any atom is 0.251 e. The van der Waals surface area contributed by atoms with Crippen molar-refractivity contribution in [2.24, 2.45) is 5.92 Å². The molecule has 2 aromatic rings. The minimum absolute atomic E-state index is 0.0315. The molecule has 0 bridgehead atoms. The molecule has 3 rings (SSSR count). The number of amides is 1. The molecule has 1 aliphatic heterocycles. The van der Waals surface area contributed by atoms with Gasteiger partial charge in [-0.3, -0.25) is 9.69 Å². The van der Waals surface area contributed by atoms with Crippen LogP contribution in [0.1, 0.15) is 21.5 Å². The zero-order valence-electron chi connectivity index (χ0n) is 16.0. The van der Waals surface area contributed by atoms with Crippen LogP contribution in [0.4, 0.5) is 0 Å². The number of aryl methyl sites for hydroxylation is 1. The maximum atomic E-state index is 12.7. The van der Waals surface area contributed by atoms with Crippen LogP contribution >= 0.6 is 0 Å². The molecule has 1 amide bonds. The Morgan fingerprint density at radius 3 is 2.58 bits per heavy atom. The lowest BCUT2D eigenvalue weighted by Gasteiger charge is -2.23. The fourth-order valence-electron chi connectivity index (χ4n) is 3.79. The molecule has 0 spiro atoms. The number of likely N-dealkylation sites (tertiary alicyclic amines) is 1. The van der Waals surface area contributed by atoms with Gasteiger partial charge in [0.2, 0.25) is 0 Å². The van der Waals surface area contributed by atoms with Crippen LogP contribution in [0, 0.1) is 12.8 Å². The van der Waals surface area contributed by atoms with E-state index in [1.165, 1.54) is 5.56 Å². The van der Waals surface area contributed by atoms with Crippen LogP contribution in [0.3, 0.4) is 0 Å². The summed E-state index contributed by atoms with van der Waals surface area (Å²) in [6, 6.07) is 18.5. The number of hydrogen-bond donors (Lipinski definition) is 1. The van der Waals surface area contributed by atoms with Crippen LogP contribution in [0.25, 0.3) is 0 Å². The number of carbonyl (C=O) groups excluding carboxylic acids is 1. The highest BCUT2D eigenvalue weighted by molar-refractivity contribution is 5.94. The number of hydrogen-bond acceptors (Lipinski definition) is 3. The maximum absolute atomic E-state index is 12.7. The summed E-state index contributed by atoms with van der Waals surface area (Å²) >= 11 is 0. The van der Waals surface area contributed by atoms with E-state index in [9.17, 15) is 4.79 Å². The Bertz CT molecular complexity index is 729. The Labute approximate surface area is 156 Å². The molecule has 138 valence electrons. The Morgan fingerprint density at radius 2 is 1.88 bits per heavy atom. The highest BCUT2D eigenvalue weighted by Crippen LogP contribution is 2.21. The molecule has 1 fully saturated rings. The zero-order valence-corrected chi connectivity index (χ0v) is 16.0. The van der Waals surface area contributed by atoms with E-state index < -0.39 is 0 Å². The molecule has 4 nitrogen and oxygen atoms in total. The van der Waals surface area contributed by atoms with Gasteiger partial charge in [0.15, 0.2) is 0 Å². The molecule has 1 heterocycles. The van der Waals surface area contributed by atoms with E-state index in [0.717, 1.165) is 37.3 Å². The topological polar surface area (TPSA) is 35.6 Å². The lowest BCUT2D eigenvalue weighted by Crippen LogP contribution is -2.43. The fraction of sp³-hybridized carbons (Fsp3) is 0.409. The van der Waals surface area contributed by atoms with Crippen LogP contribution in [-0.2, 0) is 6.54 Å². The van der Waals surface area contributed by atoms with Crippen molar-refractivity contribution in [1.29, 1.82) is 0 Å². The Hall–Kier alpha value is -2.17. The van der Waals surface area contributed by atoms with Crippen LogP contribution < -0.4 is 5.32 Å². The number of benzene rings is 2. The van der Waals surface area contributed by atoms with Crippen molar-refractivity contribution in [2.75, 3.05) is 33.7 Å². The average Bonchev–Trinajstić information content (AvgIpc) is 2.96. The summed E-state index contributed by atoms with van der Waals surface area (Å²) in [6.45, 7) is 5.82. The first-order valence-electron chi connectivity index (χ1n) is 9.30. The number of nitrogens with zero attached hydrogens (tertiary/aromatic N) is 2. The molecule has 1 N–H and O–H groups in total. The summed E-state index contributed by atoms with van der Waals surface area (Å²) in [5.74, 6) is 0.464. The minimum atomic E-state index is 0.0315. The smallest absolute Gasteiger partial charge is 0.251 e. The second-order valence-corrected chi connectivity index (χ2v) is 7.65. The van der Waals surface area contributed by atoms with E-state index in [-0.39, 0.29) is 11.9 Å². The third-order valence-electron chi connectivity index (χ3n) is 4.96. The van der Waals surface area contributed by atoms with Gasteiger partial charge < -0.3 is 10.2 Å². The molecule has 0 unspecified atom stereocenters. The summed E-state index contributed by atoms with van der Waals surface area (Å²) < 4.78 is 0. The number of nitrogens with one attached hydrogen (secondary N) is 1. The first-order valence-corrected chi connectivity index (χ1v) is 9.30. The first kappa shape index (κ1) is 18.6. The summed E-state index contributed by atoms with van der Waals surface area (Å²) in [7, 11) is 4.19. The van der Waals surface area contributed by atoms with Crippen molar-refractivity contribution in [2.45, 2.75) is 19.5 Å². The van der Waals surface area contributed by atoms with E-state index in [2.05, 4.69) is 53.5 Å². The third kappa shape index (κ3) is 4.93. The molecule has 0 radical (unpaired) electrons. The molecular weight excluding hydrogens is 322 g/mol. The SMILES string of the molecule is Cc1cccc(C(=O)N[C@@H]2CN(Cc3ccccc3)C[C@H]2CN(C)C)c1.